The van der Waals surface area contributed by atoms with Crippen LogP contribution in [-0.4, -0.2) is 38.3 Å². The molecular weight excluding hydrogens is 280 g/mol. The van der Waals surface area contributed by atoms with Crippen molar-refractivity contribution in [2.24, 2.45) is 0 Å². The highest BCUT2D eigenvalue weighted by atomic mass is 32.2. The molecule has 112 valence electrons. The molecule has 1 rings (SSSR count). The van der Waals surface area contributed by atoms with Crippen molar-refractivity contribution in [3.63, 3.8) is 0 Å². The molecule has 0 fully saturated rings. The number of benzene rings is 1. The van der Waals surface area contributed by atoms with E-state index in [1.165, 1.54) is 6.07 Å². The lowest BCUT2D eigenvalue weighted by atomic mass is 10.2. The van der Waals surface area contributed by atoms with Gasteiger partial charge in [-0.3, -0.25) is 9.52 Å². The molecule has 0 heterocycles. The van der Waals surface area contributed by atoms with Crippen LogP contribution >= 0.6 is 0 Å². The van der Waals surface area contributed by atoms with E-state index in [9.17, 15) is 13.2 Å². The minimum absolute atomic E-state index is 0.0110. The summed E-state index contributed by atoms with van der Waals surface area (Å²) in [5, 5.41) is 11.3. The average Bonchev–Trinajstić information content (AvgIpc) is 2.38. The van der Waals surface area contributed by atoms with Gasteiger partial charge in [-0.25, -0.2) is 8.42 Å². The van der Waals surface area contributed by atoms with Crippen molar-refractivity contribution >= 4 is 21.6 Å². The zero-order valence-corrected chi connectivity index (χ0v) is 12.2. The van der Waals surface area contributed by atoms with Crippen molar-refractivity contribution in [2.75, 3.05) is 23.6 Å². The lowest BCUT2D eigenvalue weighted by Crippen LogP contribution is -2.25. The first-order chi connectivity index (χ1) is 9.48. The lowest BCUT2D eigenvalue weighted by Gasteiger charge is -2.09. The van der Waals surface area contributed by atoms with Crippen molar-refractivity contribution in [3.05, 3.63) is 29.8 Å². The molecule has 0 aliphatic rings. The summed E-state index contributed by atoms with van der Waals surface area (Å²) in [6.45, 7) is 2.17. The number of aliphatic hydroxyl groups is 1. The van der Waals surface area contributed by atoms with Gasteiger partial charge in [-0.05, 0) is 31.0 Å². The summed E-state index contributed by atoms with van der Waals surface area (Å²) < 4.78 is 25.7. The van der Waals surface area contributed by atoms with E-state index in [1.807, 2.05) is 0 Å². The molecule has 0 spiro atoms. The van der Waals surface area contributed by atoms with Crippen LogP contribution in [0.1, 0.15) is 30.1 Å². The maximum Gasteiger partial charge on any atom is 0.251 e. The van der Waals surface area contributed by atoms with Crippen LogP contribution in [0.25, 0.3) is 0 Å². The third-order valence-electron chi connectivity index (χ3n) is 2.49. The fourth-order valence-electron chi connectivity index (χ4n) is 1.61. The quantitative estimate of drug-likeness (QED) is 0.623. The van der Waals surface area contributed by atoms with E-state index < -0.39 is 10.0 Å². The number of aliphatic hydroxyl groups excluding tert-OH is 1. The molecule has 1 amide bonds. The zero-order chi connectivity index (χ0) is 15.0. The van der Waals surface area contributed by atoms with E-state index in [-0.39, 0.29) is 18.3 Å². The Morgan fingerprint density at radius 3 is 2.75 bits per heavy atom. The molecule has 1 aromatic carbocycles. The van der Waals surface area contributed by atoms with E-state index in [0.717, 1.165) is 0 Å². The molecule has 0 aromatic heterocycles. The molecular formula is C13H20N2O4S. The number of rotatable bonds is 8. The number of nitrogens with one attached hydrogen (secondary N) is 2. The zero-order valence-electron chi connectivity index (χ0n) is 11.4. The number of hydrogen-bond donors (Lipinski definition) is 3. The van der Waals surface area contributed by atoms with Gasteiger partial charge in [0.25, 0.3) is 5.91 Å². The highest BCUT2D eigenvalue weighted by molar-refractivity contribution is 7.92. The number of anilines is 1. The van der Waals surface area contributed by atoms with Crippen LogP contribution in [0, 0.1) is 0 Å². The minimum Gasteiger partial charge on any atom is -0.396 e. The topological polar surface area (TPSA) is 95.5 Å². The first kappa shape index (κ1) is 16.5. The summed E-state index contributed by atoms with van der Waals surface area (Å²) in [6, 6.07) is 6.30. The van der Waals surface area contributed by atoms with Gasteiger partial charge in [0.1, 0.15) is 0 Å². The number of hydrogen-bond acceptors (Lipinski definition) is 4. The van der Waals surface area contributed by atoms with Crippen LogP contribution in [0.15, 0.2) is 24.3 Å². The maximum atomic E-state index is 11.8. The summed E-state index contributed by atoms with van der Waals surface area (Å²) in [6.07, 6.45) is 1.01. The molecule has 0 aliphatic carbocycles. The first-order valence-corrected chi connectivity index (χ1v) is 8.13. The largest absolute Gasteiger partial charge is 0.396 e. The molecule has 7 heteroatoms. The molecule has 0 bridgehead atoms. The van der Waals surface area contributed by atoms with Gasteiger partial charge < -0.3 is 10.4 Å². The second kappa shape index (κ2) is 7.86. The molecule has 20 heavy (non-hydrogen) atoms. The Morgan fingerprint density at radius 1 is 1.35 bits per heavy atom. The molecule has 0 saturated heterocycles. The van der Waals surface area contributed by atoms with E-state index in [1.54, 1.807) is 25.1 Å². The van der Waals surface area contributed by atoms with Crippen molar-refractivity contribution in [1.29, 1.82) is 0 Å². The fraction of sp³-hybridized carbons (Fsp3) is 0.462. The SMILES string of the molecule is CCCS(=O)(=O)Nc1cccc(C(=O)NCCCO)c1. The van der Waals surface area contributed by atoms with E-state index in [4.69, 9.17) is 5.11 Å². The standard InChI is InChI=1S/C13H20N2O4S/c1-2-9-20(18,19)15-12-6-3-5-11(10-12)13(17)14-7-4-8-16/h3,5-6,10,15-16H,2,4,7-9H2,1H3,(H,14,17). The molecule has 3 N–H and O–H groups in total. The second-order valence-corrected chi connectivity index (χ2v) is 6.18. The second-order valence-electron chi connectivity index (χ2n) is 4.33. The van der Waals surface area contributed by atoms with Crippen LogP contribution in [-0.2, 0) is 10.0 Å². The Bertz CT molecular complexity index is 543. The molecule has 1 aromatic rings. The van der Waals surface area contributed by atoms with Crippen LogP contribution in [0.3, 0.4) is 0 Å². The van der Waals surface area contributed by atoms with Gasteiger partial charge in [0, 0.05) is 24.4 Å². The average molecular weight is 300 g/mol. The Balaban J connectivity index is 2.73. The summed E-state index contributed by atoms with van der Waals surface area (Å²) in [4.78, 5) is 11.8. The van der Waals surface area contributed by atoms with Crippen molar-refractivity contribution in [2.45, 2.75) is 19.8 Å². The smallest absolute Gasteiger partial charge is 0.251 e. The summed E-state index contributed by atoms with van der Waals surface area (Å²) >= 11 is 0. The number of carbonyl (C=O) groups is 1. The number of amides is 1. The maximum absolute atomic E-state index is 11.8. The third kappa shape index (κ3) is 5.58. The lowest BCUT2D eigenvalue weighted by molar-refractivity contribution is 0.0951. The highest BCUT2D eigenvalue weighted by Crippen LogP contribution is 2.13. The van der Waals surface area contributed by atoms with Gasteiger partial charge in [0.2, 0.25) is 10.0 Å². The Hall–Kier alpha value is -1.60. The normalized spacial score (nSPS) is 11.1. The molecule has 0 saturated carbocycles. The van der Waals surface area contributed by atoms with Crippen LogP contribution in [0.2, 0.25) is 0 Å². The van der Waals surface area contributed by atoms with Crippen molar-refractivity contribution < 1.29 is 18.3 Å². The number of sulfonamides is 1. The van der Waals surface area contributed by atoms with Crippen LogP contribution < -0.4 is 10.0 Å². The van der Waals surface area contributed by atoms with Gasteiger partial charge in [-0.15, -0.1) is 0 Å². The minimum atomic E-state index is -3.36. The van der Waals surface area contributed by atoms with Gasteiger partial charge in [0.05, 0.1) is 5.75 Å². The molecule has 6 nitrogen and oxygen atoms in total. The molecule has 0 radical (unpaired) electrons. The third-order valence-corrected chi connectivity index (χ3v) is 3.98. The summed E-state index contributed by atoms with van der Waals surface area (Å²) in [5.41, 5.74) is 0.743. The number of carbonyl (C=O) groups excluding carboxylic acids is 1. The van der Waals surface area contributed by atoms with Crippen LogP contribution in [0.5, 0.6) is 0 Å². The van der Waals surface area contributed by atoms with Crippen molar-refractivity contribution in [3.8, 4) is 0 Å². The van der Waals surface area contributed by atoms with Gasteiger partial charge in [0.15, 0.2) is 0 Å². The van der Waals surface area contributed by atoms with Crippen LogP contribution in [0.4, 0.5) is 5.69 Å². The van der Waals surface area contributed by atoms with Gasteiger partial charge in [-0.1, -0.05) is 13.0 Å². The fourth-order valence-corrected chi connectivity index (χ4v) is 2.73. The van der Waals surface area contributed by atoms with Crippen molar-refractivity contribution in [1.82, 2.24) is 5.32 Å². The van der Waals surface area contributed by atoms with E-state index >= 15 is 0 Å². The molecule has 0 atom stereocenters. The Labute approximate surface area is 119 Å². The Morgan fingerprint density at radius 2 is 2.10 bits per heavy atom. The summed E-state index contributed by atoms with van der Waals surface area (Å²) in [7, 11) is -3.36. The Kier molecular flexibility index (Phi) is 6.47. The van der Waals surface area contributed by atoms with E-state index in [0.29, 0.717) is 30.6 Å². The molecule has 0 aliphatic heterocycles. The summed E-state index contributed by atoms with van der Waals surface area (Å²) in [5.74, 6) is -0.255. The highest BCUT2D eigenvalue weighted by Gasteiger charge is 2.10. The van der Waals surface area contributed by atoms with E-state index in [2.05, 4.69) is 10.0 Å². The first-order valence-electron chi connectivity index (χ1n) is 6.48. The predicted octanol–water partition coefficient (Wildman–Crippen LogP) is 0.951. The van der Waals surface area contributed by atoms with Gasteiger partial charge in [-0.2, -0.15) is 0 Å². The van der Waals surface area contributed by atoms with Gasteiger partial charge >= 0.3 is 0 Å². The monoisotopic (exact) mass is 300 g/mol. The molecule has 0 unspecified atom stereocenters. The predicted molar refractivity (Wildman–Crippen MR) is 78.2 cm³/mol.